The van der Waals surface area contributed by atoms with Crippen molar-refractivity contribution in [2.75, 3.05) is 6.61 Å². The Hall–Kier alpha value is -1.14. The van der Waals surface area contributed by atoms with E-state index in [1.165, 1.54) is 5.57 Å². The average Bonchev–Trinajstić information content (AvgIpc) is 2.81. The van der Waals surface area contributed by atoms with E-state index in [9.17, 15) is 0 Å². The van der Waals surface area contributed by atoms with E-state index < -0.39 is 8.32 Å². The molecule has 4 nitrogen and oxygen atoms in total. The van der Waals surface area contributed by atoms with E-state index >= 15 is 0 Å². The molecule has 1 fully saturated rings. The fraction of sp³-hybridized carbons (Fsp3) is 0.467. The summed E-state index contributed by atoms with van der Waals surface area (Å²) >= 11 is 0. The van der Waals surface area contributed by atoms with Crippen LogP contribution in [0.2, 0.25) is 19.6 Å². The van der Waals surface area contributed by atoms with Crippen molar-refractivity contribution in [1.29, 1.82) is 0 Å². The van der Waals surface area contributed by atoms with Crippen LogP contribution < -0.4 is 0 Å². The van der Waals surface area contributed by atoms with Crippen LogP contribution in [0.1, 0.15) is 18.1 Å². The molecule has 3 rings (SSSR count). The number of hydrogen-bond donors (Lipinski definition) is 0. The lowest BCUT2D eigenvalue weighted by Crippen LogP contribution is -2.45. The SMILES string of the molecule is C[Si](C)(C)ON1OC=C2CCOC(c3ccccc3)C21. The second kappa shape index (κ2) is 5.33. The van der Waals surface area contributed by atoms with Crippen molar-refractivity contribution in [3.8, 4) is 0 Å². The molecule has 108 valence electrons. The lowest BCUT2D eigenvalue weighted by atomic mass is 9.93. The molecule has 0 aliphatic carbocycles. The van der Waals surface area contributed by atoms with Gasteiger partial charge < -0.3 is 14.1 Å². The highest BCUT2D eigenvalue weighted by atomic mass is 28.4. The Morgan fingerprint density at radius 2 is 1.95 bits per heavy atom. The number of benzene rings is 1. The predicted molar refractivity (Wildman–Crippen MR) is 79.0 cm³/mol. The molecule has 2 unspecified atom stereocenters. The number of ether oxygens (including phenoxy) is 1. The van der Waals surface area contributed by atoms with Crippen LogP contribution in [0, 0.1) is 0 Å². The van der Waals surface area contributed by atoms with Gasteiger partial charge in [0.2, 0.25) is 8.32 Å². The van der Waals surface area contributed by atoms with Crippen LogP contribution in [0.3, 0.4) is 0 Å². The van der Waals surface area contributed by atoms with Gasteiger partial charge in [0, 0.05) is 0 Å². The van der Waals surface area contributed by atoms with E-state index in [0.717, 1.165) is 18.6 Å². The van der Waals surface area contributed by atoms with Crippen LogP contribution in [-0.2, 0) is 14.1 Å². The largest absolute Gasteiger partial charge is 0.388 e. The molecule has 0 bridgehead atoms. The molecule has 2 aliphatic heterocycles. The molecule has 0 saturated carbocycles. The van der Waals surface area contributed by atoms with Gasteiger partial charge in [-0.3, -0.25) is 0 Å². The van der Waals surface area contributed by atoms with E-state index in [1.807, 2.05) is 24.5 Å². The molecule has 2 aliphatic rings. The summed E-state index contributed by atoms with van der Waals surface area (Å²) in [7, 11) is -1.72. The monoisotopic (exact) mass is 291 g/mol. The van der Waals surface area contributed by atoms with Gasteiger partial charge in [0.15, 0.2) is 0 Å². The standard InChI is InChI=1S/C15H21NO3Si/c1-20(2,3)19-16-14-13(11-18-16)9-10-17-15(14)12-7-5-4-6-8-12/h4-8,11,14-15H,9-10H2,1-3H3. The number of hydrogen-bond acceptors (Lipinski definition) is 4. The maximum atomic E-state index is 6.04. The molecule has 20 heavy (non-hydrogen) atoms. The number of hydroxylamine groups is 2. The van der Waals surface area contributed by atoms with Crippen LogP contribution in [0.15, 0.2) is 42.2 Å². The lowest BCUT2D eigenvalue weighted by Gasteiger charge is -2.36. The zero-order valence-electron chi connectivity index (χ0n) is 12.2. The summed E-state index contributed by atoms with van der Waals surface area (Å²) in [5.74, 6) is 0. The van der Waals surface area contributed by atoms with Gasteiger partial charge in [0.25, 0.3) is 0 Å². The van der Waals surface area contributed by atoms with Crippen molar-refractivity contribution in [2.45, 2.75) is 38.2 Å². The molecule has 0 N–H and O–H groups in total. The van der Waals surface area contributed by atoms with Gasteiger partial charge in [-0.2, -0.15) is 0 Å². The maximum absolute atomic E-state index is 6.04. The summed E-state index contributed by atoms with van der Waals surface area (Å²) in [6.07, 6.45) is 2.69. The zero-order chi connectivity index (χ0) is 14.2. The third-order valence-corrected chi connectivity index (χ3v) is 4.11. The summed E-state index contributed by atoms with van der Waals surface area (Å²) in [5, 5.41) is 1.65. The Labute approximate surface area is 121 Å². The number of fused-ring (bicyclic) bond motifs is 1. The van der Waals surface area contributed by atoms with Crippen LogP contribution in [0.5, 0.6) is 0 Å². The highest BCUT2D eigenvalue weighted by Crippen LogP contribution is 2.39. The third kappa shape index (κ3) is 2.81. The normalized spacial score (nSPS) is 26.9. The average molecular weight is 291 g/mol. The van der Waals surface area contributed by atoms with E-state index in [1.54, 1.807) is 5.23 Å². The van der Waals surface area contributed by atoms with Gasteiger partial charge in [0.05, 0.1) is 6.61 Å². The Balaban J connectivity index is 1.85. The fourth-order valence-corrected chi connectivity index (χ4v) is 3.26. The molecule has 2 heterocycles. The van der Waals surface area contributed by atoms with Crippen molar-refractivity contribution in [2.24, 2.45) is 0 Å². The molecule has 1 saturated heterocycles. The molecule has 2 atom stereocenters. The highest BCUT2D eigenvalue weighted by molar-refractivity contribution is 6.69. The minimum absolute atomic E-state index is 0.0258. The molecule has 0 aromatic heterocycles. The molecular weight excluding hydrogens is 270 g/mol. The molecule has 1 aromatic rings. The van der Waals surface area contributed by atoms with Gasteiger partial charge in [-0.1, -0.05) is 30.3 Å². The van der Waals surface area contributed by atoms with Crippen molar-refractivity contribution < 1.29 is 14.1 Å². The highest BCUT2D eigenvalue weighted by Gasteiger charge is 2.43. The molecular formula is C15H21NO3Si. The van der Waals surface area contributed by atoms with E-state index in [4.69, 9.17) is 14.1 Å². The number of rotatable bonds is 3. The first-order valence-electron chi connectivity index (χ1n) is 7.05. The second-order valence-corrected chi connectivity index (χ2v) is 10.6. The van der Waals surface area contributed by atoms with Crippen LogP contribution in [0.25, 0.3) is 0 Å². The van der Waals surface area contributed by atoms with E-state index in [-0.39, 0.29) is 12.1 Å². The van der Waals surface area contributed by atoms with E-state index in [0.29, 0.717) is 0 Å². The Kier molecular flexibility index (Phi) is 3.68. The summed E-state index contributed by atoms with van der Waals surface area (Å²) in [6.45, 7) is 7.17. The minimum atomic E-state index is -1.72. The van der Waals surface area contributed by atoms with Crippen LogP contribution in [-0.4, -0.2) is 26.2 Å². The summed E-state index contributed by atoms with van der Waals surface area (Å²) in [5.41, 5.74) is 2.42. The first-order valence-corrected chi connectivity index (χ1v) is 10.5. The topological polar surface area (TPSA) is 30.9 Å². The van der Waals surface area contributed by atoms with E-state index in [2.05, 4.69) is 31.8 Å². The molecule has 1 aromatic carbocycles. The third-order valence-electron chi connectivity index (χ3n) is 3.38. The van der Waals surface area contributed by atoms with Crippen molar-refractivity contribution in [1.82, 2.24) is 5.23 Å². The molecule has 0 radical (unpaired) electrons. The van der Waals surface area contributed by atoms with Crippen LogP contribution >= 0.6 is 0 Å². The molecule has 5 heteroatoms. The summed E-state index contributed by atoms with van der Waals surface area (Å²) in [6, 6.07) is 10.3. The Bertz CT molecular complexity index is 498. The zero-order valence-corrected chi connectivity index (χ0v) is 13.2. The Morgan fingerprint density at radius 3 is 2.65 bits per heavy atom. The van der Waals surface area contributed by atoms with Crippen molar-refractivity contribution >= 4 is 8.32 Å². The van der Waals surface area contributed by atoms with Crippen molar-refractivity contribution in [3.63, 3.8) is 0 Å². The van der Waals surface area contributed by atoms with Gasteiger partial charge in [-0.05, 0) is 42.4 Å². The van der Waals surface area contributed by atoms with Crippen LogP contribution in [0.4, 0.5) is 0 Å². The lowest BCUT2D eigenvalue weighted by molar-refractivity contribution is -0.312. The Morgan fingerprint density at radius 1 is 1.20 bits per heavy atom. The minimum Gasteiger partial charge on any atom is -0.388 e. The molecule has 0 amide bonds. The van der Waals surface area contributed by atoms with Gasteiger partial charge in [0.1, 0.15) is 18.4 Å². The predicted octanol–water partition coefficient (Wildman–Crippen LogP) is 3.41. The van der Waals surface area contributed by atoms with Crippen molar-refractivity contribution in [3.05, 3.63) is 47.7 Å². The smallest absolute Gasteiger partial charge is 0.216 e. The van der Waals surface area contributed by atoms with Gasteiger partial charge in [-0.15, -0.1) is 0 Å². The summed E-state index contributed by atoms with van der Waals surface area (Å²) < 4.78 is 12.0. The molecule has 0 spiro atoms. The first kappa shape index (κ1) is 13.8. The van der Waals surface area contributed by atoms with Gasteiger partial charge >= 0.3 is 0 Å². The fourth-order valence-electron chi connectivity index (χ4n) is 2.57. The second-order valence-electron chi connectivity index (χ2n) is 6.18. The summed E-state index contributed by atoms with van der Waals surface area (Å²) in [4.78, 5) is 5.63. The number of nitrogens with zero attached hydrogens (tertiary/aromatic N) is 1. The van der Waals surface area contributed by atoms with Gasteiger partial charge in [-0.25, -0.2) is 0 Å². The first-order chi connectivity index (χ1) is 9.54. The quantitative estimate of drug-likeness (QED) is 0.799. The maximum Gasteiger partial charge on any atom is 0.216 e.